The monoisotopic (exact) mass is 279 g/mol. The Hall–Kier alpha value is -2.22. The van der Waals surface area contributed by atoms with Crippen molar-refractivity contribution in [3.8, 4) is 0 Å². The molecule has 2 N–H and O–H groups in total. The normalized spacial score (nSPS) is 10.4. The molecule has 7 nitrogen and oxygen atoms in total. The van der Waals surface area contributed by atoms with Crippen molar-refractivity contribution in [2.75, 3.05) is 17.7 Å². The minimum atomic E-state index is -0.478. The highest BCUT2D eigenvalue weighted by Gasteiger charge is 2.24. The van der Waals surface area contributed by atoms with E-state index in [1.54, 1.807) is 30.2 Å². The molecule has 0 amide bonds. The van der Waals surface area contributed by atoms with Crippen molar-refractivity contribution in [3.63, 3.8) is 0 Å². The number of rotatable bonds is 4. The van der Waals surface area contributed by atoms with Gasteiger partial charge in [-0.25, -0.2) is 4.98 Å². The molecule has 2 aromatic rings. The van der Waals surface area contributed by atoms with Crippen molar-refractivity contribution in [2.24, 2.45) is 0 Å². The predicted octanol–water partition coefficient (Wildman–Crippen LogP) is 1.97. The zero-order valence-electron chi connectivity index (χ0n) is 10.5. The van der Waals surface area contributed by atoms with Crippen molar-refractivity contribution < 1.29 is 4.92 Å². The first-order valence-electron chi connectivity index (χ1n) is 5.49. The summed E-state index contributed by atoms with van der Waals surface area (Å²) in [5, 5.41) is 15.1. The third-order valence-electron chi connectivity index (χ3n) is 2.60. The lowest BCUT2D eigenvalue weighted by molar-refractivity contribution is -0.385. The summed E-state index contributed by atoms with van der Waals surface area (Å²) in [5.74, 6) is 0.275. The highest BCUT2D eigenvalue weighted by Crippen LogP contribution is 2.29. The topological polar surface area (TPSA) is 98.2 Å². The molecule has 2 heterocycles. The maximum Gasteiger partial charge on any atom is 0.332 e. The fraction of sp³-hybridized carbons (Fsp3) is 0.273. The zero-order chi connectivity index (χ0) is 14.0. The van der Waals surface area contributed by atoms with Gasteiger partial charge in [0, 0.05) is 13.6 Å². The molecule has 0 saturated carbocycles. The number of nitrogen functional groups attached to an aromatic ring is 1. The van der Waals surface area contributed by atoms with Crippen LogP contribution in [0, 0.1) is 17.0 Å². The largest absolute Gasteiger partial charge is 0.368 e. The smallest absolute Gasteiger partial charge is 0.332 e. The summed E-state index contributed by atoms with van der Waals surface area (Å²) in [6.45, 7) is 2.08. The van der Waals surface area contributed by atoms with Crippen LogP contribution in [0.4, 0.5) is 17.5 Å². The van der Waals surface area contributed by atoms with Gasteiger partial charge in [0.15, 0.2) is 0 Å². The van der Waals surface area contributed by atoms with Gasteiger partial charge in [0.1, 0.15) is 5.69 Å². The number of aryl methyl sites for hydroxylation is 1. The number of hydrogen-bond acceptors (Lipinski definition) is 7. The Morgan fingerprint density at radius 2 is 2.26 bits per heavy atom. The quantitative estimate of drug-likeness (QED) is 0.678. The Labute approximate surface area is 113 Å². The Bertz CT molecular complexity index is 599. The van der Waals surface area contributed by atoms with Gasteiger partial charge in [-0.3, -0.25) is 10.1 Å². The van der Waals surface area contributed by atoms with Gasteiger partial charge in [-0.15, -0.1) is 0 Å². The second kappa shape index (κ2) is 5.19. The molecule has 2 aromatic heterocycles. The lowest BCUT2D eigenvalue weighted by Gasteiger charge is -2.18. The summed E-state index contributed by atoms with van der Waals surface area (Å²) in [6, 6.07) is 1.96. The van der Waals surface area contributed by atoms with E-state index in [2.05, 4.69) is 9.97 Å². The molecule has 0 aromatic carbocycles. The van der Waals surface area contributed by atoms with Gasteiger partial charge in [-0.1, -0.05) is 0 Å². The predicted molar refractivity (Wildman–Crippen MR) is 74.3 cm³/mol. The fourth-order valence-electron chi connectivity index (χ4n) is 1.78. The number of nitro groups is 1. The lowest BCUT2D eigenvalue weighted by atomic mass is 10.3. The summed E-state index contributed by atoms with van der Waals surface area (Å²) in [7, 11) is 1.74. The van der Waals surface area contributed by atoms with Crippen LogP contribution < -0.4 is 10.6 Å². The minimum absolute atomic E-state index is 0.0373. The average Bonchev–Trinajstić information content (AvgIpc) is 2.79. The van der Waals surface area contributed by atoms with Crippen LogP contribution >= 0.6 is 11.3 Å². The van der Waals surface area contributed by atoms with E-state index in [0.29, 0.717) is 6.54 Å². The first kappa shape index (κ1) is 13.2. The second-order valence-corrected chi connectivity index (χ2v) is 4.86. The third kappa shape index (κ3) is 2.79. The van der Waals surface area contributed by atoms with Crippen LogP contribution in [0.5, 0.6) is 0 Å². The first-order chi connectivity index (χ1) is 8.99. The molecular weight excluding hydrogens is 266 g/mol. The third-order valence-corrected chi connectivity index (χ3v) is 3.33. The van der Waals surface area contributed by atoms with E-state index >= 15 is 0 Å². The number of nitrogens with two attached hydrogens (primary N) is 1. The number of anilines is 2. The molecule has 2 rings (SSSR count). The molecule has 0 radical (unpaired) electrons. The summed E-state index contributed by atoms with van der Waals surface area (Å²) >= 11 is 1.58. The van der Waals surface area contributed by atoms with Crippen molar-refractivity contribution >= 4 is 28.8 Å². The van der Waals surface area contributed by atoms with E-state index in [1.807, 2.05) is 16.8 Å². The van der Waals surface area contributed by atoms with Gasteiger partial charge in [-0.2, -0.15) is 16.3 Å². The SMILES string of the molecule is Cc1nc(N)nc(N(C)Cc2ccsc2)c1[N+](=O)[O-]. The number of hydrogen-bond donors (Lipinski definition) is 1. The van der Waals surface area contributed by atoms with Gasteiger partial charge < -0.3 is 10.6 Å². The van der Waals surface area contributed by atoms with Gasteiger partial charge in [0.25, 0.3) is 0 Å². The molecule has 100 valence electrons. The van der Waals surface area contributed by atoms with E-state index in [1.165, 1.54) is 0 Å². The average molecular weight is 279 g/mol. The van der Waals surface area contributed by atoms with Crippen LogP contribution in [0.25, 0.3) is 0 Å². The summed E-state index contributed by atoms with van der Waals surface area (Å²) in [4.78, 5) is 20.2. The summed E-state index contributed by atoms with van der Waals surface area (Å²) in [6.07, 6.45) is 0. The molecule has 0 unspecified atom stereocenters. The zero-order valence-corrected chi connectivity index (χ0v) is 11.3. The number of thiophene rings is 1. The molecular formula is C11H13N5O2S. The van der Waals surface area contributed by atoms with E-state index in [4.69, 9.17) is 5.73 Å². The van der Waals surface area contributed by atoms with Crippen LogP contribution in [-0.4, -0.2) is 21.9 Å². The number of nitrogens with zero attached hydrogens (tertiary/aromatic N) is 4. The lowest BCUT2D eigenvalue weighted by Crippen LogP contribution is -2.20. The highest BCUT2D eigenvalue weighted by atomic mass is 32.1. The number of aromatic nitrogens is 2. The van der Waals surface area contributed by atoms with E-state index < -0.39 is 4.92 Å². The summed E-state index contributed by atoms with van der Waals surface area (Å²) in [5.41, 5.74) is 6.80. The maximum absolute atomic E-state index is 11.1. The molecule has 0 aliphatic rings. The van der Waals surface area contributed by atoms with Crippen LogP contribution in [0.2, 0.25) is 0 Å². The van der Waals surface area contributed by atoms with Gasteiger partial charge in [-0.05, 0) is 29.3 Å². The standard InChI is InChI=1S/C11H13N5O2S/c1-7-9(16(17)18)10(14-11(12)13-7)15(2)5-8-3-4-19-6-8/h3-4,6H,5H2,1-2H3,(H2,12,13,14). The van der Waals surface area contributed by atoms with Crippen LogP contribution in [0.3, 0.4) is 0 Å². The molecule has 0 fully saturated rings. The summed E-state index contributed by atoms with van der Waals surface area (Å²) < 4.78 is 0. The van der Waals surface area contributed by atoms with E-state index in [9.17, 15) is 10.1 Å². The fourth-order valence-corrected chi connectivity index (χ4v) is 2.44. The van der Waals surface area contributed by atoms with Gasteiger partial charge in [0.05, 0.1) is 4.92 Å². The van der Waals surface area contributed by atoms with E-state index in [-0.39, 0.29) is 23.1 Å². The molecule has 0 atom stereocenters. The molecule has 0 aliphatic heterocycles. The Kier molecular flexibility index (Phi) is 3.61. The molecule has 8 heteroatoms. The Morgan fingerprint density at radius 3 is 2.84 bits per heavy atom. The molecule has 0 bridgehead atoms. The maximum atomic E-state index is 11.1. The van der Waals surface area contributed by atoms with Crippen LogP contribution in [0.1, 0.15) is 11.3 Å². The van der Waals surface area contributed by atoms with Gasteiger partial charge in [0.2, 0.25) is 11.8 Å². The molecule has 0 aliphatic carbocycles. The van der Waals surface area contributed by atoms with Gasteiger partial charge >= 0.3 is 5.69 Å². The van der Waals surface area contributed by atoms with Crippen molar-refractivity contribution in [3.05, 3.63) is 38.2 Å². The van der Waals surface area contributed by atoms with Crippen LogP contribution in [0.15, 0.2) is 16.8 Å². The molecule has 0 saturated heterocycles. The minimum Gasteiger partial charge on any atom is -0.368 e. The highest BCUT2D eigenvalue weighted by molar-refractivity contribution is 7.07. The van der Waals surface area contributed by atoms with Crippen molar-refractivity contribution in [1.82, 2.24) is 9.97 Å². The molecule has 0 spiro atoms. The van der Waals surface area contributed by atoms with E-state index in [0.717, 1.165) is 5.56 Å². The first-order valence-corrected chi connectivity index (χ1v) is 6.44. The van der Waals surface area contributed by atoms with Crippen molar-refractivity contribution in [1.29, 1.82) is 0 Å². The van der Waals surface area contributed by atoms with Crippen LogP contribution in [-0.2, 0) is 6.54 Å². The Morgan fingerprint density at radius 1 is 1.53 bits per heavy atom. The van der Waals surface area contributed by atoms with Crippen molar-refractivity contribution in [2.45, 2.75) is 13.5 Å². The molecule has 19 heavy (non-hydrogen) atoms. The Balaban J connectivity index is 2.40. The second-order valence-electron chi connectivity index (χ2n) is 4.08.